The zero-order valence-corrected chi connectivity index (χ0v) is 24.2. The third-order valence-electron chi connectivity index (χ3n) is 6.53. The number of sulfonamides is 1. The van der Waals surface area contributed by atoms with Crippen LogP contribution in [-0.2, 0) is 26.0 Å². The third-order valence-corrected chi connectivity index (χ3v) is 7.88. The number of anilines is 1. The summed E-state index contributed by atoms with van der Waals surface area (Å²) in [4.78, 5) is 44.4. The molecule has 1 heterocycles. The van der Waals surface area contributed by atoms with E-state index in [1.54, 1.807) is 74.6 Å². The fraction of sp³-hybridized carbons (Fsp3) is 0.200. The first-order valence-corrected chi connectivity index (χ1v) is 14.3. The van der Waals surface area contributed by atoms with Gasteiger partial charge < -0.3 is 10.2 Å². The molecule has 1 unspecified atom stereocenters. The van der Waals surface area contributed by atoms with Crippen molar-refractivity contribution in [3.63, 3.8) is 0 Å². The first-order valence-electron chi connectivity index (χ1n) is 12.9. The lowest BCUT2D eigenvalue weighted by molar-refractivity contribution is -0.141. The number of carbonyl (C=O) groups excluding carboxylic acids is 3. The van der Waals surface area contributed by atoms with Gasteiger partial charge in [-0.2, -0.15) is 0 Å². The van der Waals surface area contributed by atoms with Gasteiger partial charge in [-0.15, -0.1) is 12.4 Å². The van der Waals surface area contributed by atoms with E-state index in [0.29, 0.717) is 35.3 Å². The number of hydrogen-bond acceptors (Lipinski definition) is 6. The van der Waals surface area contributed by atoms with Crippen molar-refractivity contribution < 1.29 is 22.8 Å². The molecule has 0 aliphatic carbocycles. The van der Waals surface area contributed by atoms with Gasteiger partial charge in [-0.05, 0) is 73.0 Å². The Labute approximate surface area is 245 Å². The number of fused-ring (bicyclic) bond motifs is 1. The molecule has 3 amide bonds. The Hall–Kier alpha value is -4.28. The Morgan fingerprint density at radius 1 is 0.878 bits per heavy atom. The van der Waals surface area contributed by atoms with E-state index in [4.69, 9.17) is 0 Å². The molecular formula is C30H31ClN4O5S. The van der Waals surface area contributed by atoms with Crippen LogP contribution < -0.4 is 10.0 Å². The van der Waals surface area contributed by atoms with Gasteiger partial charge in [0.15, 0.2) is 0 Å². The molecule has 214 valence electrons. The topological polar surface area (TPSA) is 126 Å². The summed E-state index contributed by atoms with van der Waals surface area (Å²) < 4.78 is 28.4. The maximum Gasteiger partial charge on any atom is 0.264 e. The second kappa shape index (κ2) is 13.9. The molecule has 0 fully saturated rings. The van der Waals surface area contributed by atoms with Crippen LogP contribution in [0.2, 0.25) is 0 Å². The number of pyridine rings is 1. The highest BCUT2D eigenvalue weighted by molar-refractivity contribution is 7.90. The smallest absolute Gasteiger partial charge is 0.264 e. The summed E-state index contributed by atoms with van der Waals surface area (Å²) in [5.41, 5.74) is 1.55. The van der Waals surface area contributed by atoms with Gasteiger partial charge in [-0.25, -0.2) is 13.1 Å². The molecular weight excluding hydrogens is 564 g/mol. The van der Waals surface area contributed by atoms with Crippen LogP contribution in [0, 0.1) is 5.92 Å². The first-order chi connectivity index (χ1) is 19.2. The number of halogens is 1. The van der Waals surface area contributed by atoms with Crippen molar-refractivity contribution in [2.24, 2.45) is 5.92 Å². The molecule has 0 spiro atoms. The lowest BCUT2D eigenvalue weighted by Crippen LogP contribution is -2.46. The van der Waals surface area contributed by atoms with Crippen molar-refractivity contribution in [1.29, 1.82) is 0 Å². The molecule has 1 aromatic heterocycles. The predicted octanol–water partition coefficient (Wildman–Crippen LogP) is 4.44. The number of nitrogens with zero attached hydrogens (tertiary/aromatic N) is 2. The van der Waals surface area contributed by atoms with Crippen LogP contribution in [-0.4, -0.2) is 49.1 Å². The van der Waals surface area contributed by atoms with Crippen LogP contribution in [0.15, 0.2) is 96.2 Å². The van der Waals surface area contributed by atoms with Crippen LogP contribution in [0.25, 0.3) is 10.8 Å². The molecule has 11 heteroatoms. The fourth-order valence-electron chi connectivity index (χ4n) is 4.31. The number of amides is 3. The van der Waals surface area contributed by atoms with E-state index < -0.39 is 27.8 Å². The third kappa shape index (κ3) is 7.68. The van der Waals surface area contributed by atoms with E-state index in [1.807, 2.05) is 12.1 Å². The molecule has 2 N–H and O–H groups in total. The van der Waals surface area contributed by atoms with E-state index >= 15 is 0 Å². The predicted molar refractivity (Wildman–Crippen MR) is 160 cm³/mol. The summed E-state index contributed by atoms with van der Waals surface area (Å²) in [6, 6.07) is 21.9. The van der Waals surface area contributed by atoms with E-state index in [1.165, 1.54) is 23.2 Å². The Morgan fingerprint density at radius 2 is 1.56 bits per heavy atom. The highest BCUT2D eigenvalue weighted by atomic mass is 35.5. The van der Waals surface area contributed by atoms with Gasteiger partial charge in [0.25, 0.3) is 15.9 Å². The largest absolute Gasteiger partial charge is 0.343 e. The summed E-state index contributed by atoms with van der Waals surface area (Å²) >= 11 is 0. The summed E-state index contributed by atoms with van der Waals surface area (Å²) in [6.07, 6.45) is 3.01. The SMILES string of the molecule is CCN(CC)C(=O)C(Cc1ccc(NC(=O)c2cccnc2)cc1)C(=O)NS(=O)(=O)c1ccc2ccccc2c1.Cl. The number of aromatic nitrogens is 1. The monoisotopic (exact) mass is 594 g/mol. The Kier molecular flexibility index (Phi) is 10.6. The molecule has 4 rings (SSSR count). The number of carbonyl (C=O) groups is 3. The van der Waals surface area contributed by atoms with Crippen LogP contribution in [0.5, 0.6) is 0 Å². The normalized spacial score (nSPS) is 11.7. The molecule has 0 saturated heterocycles. The van der Waals surface area contributed by atoms with E-state index in [0.717, 1.165) is 5.39 Å². The van der Waals surface area contributed by atoms with Crippen LogP contribution >= 0.6 is 12.4 Å². The highest BCUT2D eigenvalue weighted by Gasteiger charge is 2.33. The summed E-state index contributed by atoms with van der Waals surface area (Å²) in [7, 11) is -4.23. The van der Waals surface area contributed by atoms with Crippen molar-refractivity contribution in [2.45, 2.75) is 25.2 Å². The highest BCUT2D eigenvalue weighted by Crippen LogP contribution is 2.21. The quantitative estimate of drug-likeness (QED) is 0.262. The summed E-state index contributed by atoms with van der Waals surface area (Å²) in [5.74, 6) is -2.97. The van der Waals surface area contributed by atoms with Gasteiger partial charge >= 0.3 is 0 Å². The van der Waals surface area contributed by atoms with E-state index in [2.05, 4.69) is 15.0 Å². The van der Waals surface area contributed by atoms with Crippen LogP contribution in [0.4, 0.5) is 5.69 Å². The summed E-state index contributed by atoms with van der Waals surface area (Å²) in [5, 5.41) is 4.35. The molecule has 41 heavy (non-hydrogen) atoms. The maximum absolute atomic E-state index is 13.3. The molecule has 0 aliphatic heterocycles. The molecule has 0 aliphatic rings. The standard InChI is InChI=1S/C30H30N4O5S.ClH/c1-3-34(4-2)30(37)27(18-21-11-14-25(15-12-21)32-28(35)24-10-7-17-31-20-24)29(36)33-40(38,39)26-16-13-22-8-5-6-9-23(22)19-26;/h5-17,19-20,27H,3-4,18H2,1-2H3,(H,32,35)(H,33,36);1H. The minimum absolute atomic E-state index is 0. The second-order valence-corrected chi connectivity index (χ2v) is 10.8. The average Bonchev–Trinajstić information content (AvgIpc) is 2.97. The lowest BCUT2D eigenvalue weighted by Gasteiger charge is -2.24. The molecule has 9 nitrogen and oxygen atoms in total. The molecule has 4 aromatic rings. The Bertz CT molecular complexity index is 1630. The van der Waals surface area contributed by atoms with E-state index in [-0.39, 0.29) is 29.6 Å². The minimum atomic E-state index is -4.23. The number of benzene rings is 3. The second-order valence-electron chi connectivity index (χ2n) is 9.14. The summed E-state index contributed by atoms with van der Waals surface area (Å²) in [6.45, 7) is 4.33. The number of hydrogen-bond donors (Lipinski definition) is 2. The van der Waals surface area contributed by atoms with Crippen LogP contribution in [0.3, 0.4) is 0 Å². The van der Waals surface area contributed by atoms with Crippen LogP contribution in [0.1, 0.15) is 29.8 Å². The van der Waals surface area contributed by atoms with Crippen molar-refractivity contribution in [1.82, 2.24) is 14.6 Å². The fourth-order valence-corrected chi connectivity index (χ4v) is 5.36. The Morgan fingerprint density at radius 3 is 2.20 bits per heavy atom. The number of rotatable bonds is 10. The number of nitrogens with one attached hydrogen (secondary N) is 2. The van der Waals surface area contributed by atoms with Crippen molar-refractivity contribution in [3.8, 4) is 0 Å². The van der Waals surface area contributed by atoms with Gasteiger partial charge in [0.05, 0.1) is 10.5 Å². The van der Waals surface area contributed by atoms with Gasteiger partial charge in [0.1, 0.15) is 5.92 Å². The minimum Gasteiger partial charge on any atom is -0.343 e. The molecule has 0 bridgehead atoms. The van der Waals surface area contributed by atoms with Gasteiger partial charge in [0.2, 0.25) is 11.8 Å². The first kappa shape index (κ1) is 31.3. The zero-order valence-electron chi connectivity index (χ0n) is 22.6. The van der Waals surface area contributed by atoms with Gasteiger partial charge in [-0.1, -0.05) is 42.5 Å². The molecule has 1 atom stereocenters. The Balaban J connectivity index is 0.00000462. The van der Waals surface area contributed by atoms with Crippen molar-refractivity contribution in [3.05, 3.63) is 102 Å². The molecule has 3 aromatic carbocycles. The van der Waals surface area contributed by atoms with Crippen molar-refractivity contribution in [2.75, 3.05) is 18.4 Å². The lowest BCUT2D eigenvalue weighted by atomic mass is 9.97. The molecule has 0 radical (unpaired) electrons. The average molecular weight is 595 g/mol. The van der Waals surface area contributed by atoms with Gasteiger partial charge in [0, 0.05) is 31.2 Å². The zero-order chi connectivity index (χ0) is 28.7. The van der Waals surface area contributed by atoms with Crippen molar-refractivity contribution >= 4 is 56.6 Å². The van der Waals surface area contributed by atoms with Gasteiger partial charge in [-0.3, -0.25) is 19.4 Å². The van der Waals surface area contributed by atoms with E-state index in [9.17, 15) is 22.8 Å². The molecule has 0 saturated carbocycles. The maximum atomic E-state index is 13.3.